The molecule has 0 aliphatic carbocycles. The van der Waals surface area contributed by atoms with E-state index in [4.69, 9.17) is 4.98 Å². The van der Waals surface area contributed by atoms with Crippen molar-refractivity contribution in [1.82, 2.24) is 14.3 Å². The summed E-state index contributed by atoms with van der Waals surface area (Å²) < 4.78 is 28.8. The van der Waals surface area contributed by atoms with Crippen molar-refractivity contribution in [2.75, 3.05) is 18.0 Å². The zero-order valence-electron chi connectivity index (χ0n) is 20.7. The van der Waals surface area contributed by atoms with Crippen molar-refractivity contribution in [3.8, 4) is 0 Å². The summed E-state index contributed by atoms with van der Waals surface area (Å²) in [6, 6.07) is 15.9. The highest BCUT2D eigenvalue weighted by Gasteiger charge is 2.25. The van der Waals surface area contributed by atoms with Crippen molar-refractivity contribution >= 4 is 42.6 Å². The molecule has 0 fully saturated rings. The molecule has 9 heteroatoms. The third-order valence-electron chi connectivity index (χ3n) is 5.83. The number of para-hydroxylation sites is 1. The number of aryl methyl sites for hydroxylation is 1. The zero-order chi connectivity index (χ0) is 25.7. The number of benzene rings is 2. The van der Waals surface area contributed by atoms with Crippen LogP contribution in [-0.2, 0) is 16.6 Å². The Labute approximate surface area is 216 Å². The van der Waals surface area contributed by atoms with Crippen LogP contribution in [0.25, 0.3) is 10.2 Å². The summed E-state index contributed by atoms with van der Waals surface area (Å²) in [5.74, 6) is -0.251. The minimum absolute atomic E-state index is 0.190. The Bertz CT molecular complexity index is 1430. The van der Waals surface area contributed by atoms with Crippen LogP contribution in [0.15, 0.2) is 71.9 Å². The molecule has 2 aromatic carbocycles. The predicted molar refractivity (Wildman–Crippen MR) is 145 cm³/mol. The lowest BCUT2D eigenvalue weighted by molar-refractivity contribution is 0.0985. The molecule has 4 aromatic rings. The Kier molecular flexibility index (Phi) is 8.13. The van der Waals surface area contributed by atoms with Crippen LogP contribution >= 0.6 is 11.3 Å². The van der Waals surface area contributed by atoms with Crippen molar-refractivity contribution in [2.45, 2.75) is 45.1 Å². The Hall–Kier alpha value is -3.14. The van der Waals surface area contributed by atoms with Crippen molar-refractivity contribution in [3.63, 3.8) is 0 Å². The van der Waals surface area contributed by atoms with Gasteiger partial charge < -0.3 is 0 Å². The number of anilines is 1. The number of amides is 1. The number of carbonyl (C=O) groups excluding carboxylic acids is 1. The van der Waals surface area contributed by atoms with E-state index in [-0.39, 0.29) is 10.8 Å². The predicted octanol–water partition coefficient (Wildman–Crippen LogP) is 5.66. The fraction of sp³-hybridized carbons (Fsp3) is 0.296. The number of rotatable bonds is 10. The van der Waals surface area contributed by atoms with Crippen LogP contribution in [0.2, 0.25) is 0 Å². The number of fused-ring (bicyclic) bond motifs is 1. The van der Waals surface area contributed by atoms with Gasteiger partial charge in [-0.2, -0.15) is 4.31 Å². The quantitative estimate of drug-likeness (QED) is 0.268. The van der Waals surface area contributed by atoms with Gasteiger partial charge in [-0.15, -0.1) is 0 Å². The molecule has 0 N–H and O–H groups in total. The largest absolute Gasteiger partial charge is 0.279 e. The molecule has 0 bridgehead atoms. The van der Waals surface area contributed by atoms with E-state index in [1.807, 2.05) is 51.1 Å². The number of sulfonamides is 1. The van der Waals surface area contributed by atoms with Crippen LogP contribution in [0.3, 0.4) is 0 Å². The van der Waals surface area contributed by atoms with Gasteiger partial charge >= 0.3 is 0 Å². The topological polar surface area (TPSA) is 83.5 Å². The highest BCUT2D eigenvalue weighted by Crippen LogP contribution is 2.32. The van der Waals surface area contributed by atoms with E-state index in [0.29, 0.717) is 30.3 Å². The van der Waals surface area contributed by atoms with E-state index >= 15 is 0 Å². The second-order valence-electron chi connectivity index (χ2n) is 8.60. The number of aromatic nitrogens is 2. The molecule has 0 aliphatic heterocycles. The number of hydrogen-bond acceptors (Lipinski definition) is 6. The Morgan fingerprint density at radius 3 is 2.31 bits per heavy atom. The first-order chi connectivity index (χ1) is 17.3. The third-order valence-corrected chi connectivity index (χ3v) is 8.79. The second-order valence-corrected chi connectivity index (χ2v) is 11.5. The minimum Gasteiger partial charge on any atom is -0.279 e. The first kappa shape index (κ1) is 25.9. The highest BCUT2D eigenvalue weighted by molar-refractivity contribution is 7.89. The molecule has 36 heavy (non-hydrogen) atoms. The first-order valence-corrected chi connectivity index (χ1v) is 14.3. The van der Waals surface area contributed by atoms with Crippen molar-refractivity contribution in [3.05, 3.63) is 83.7 Å². The van der Waals surface area contributed by atoms with E-state index in [1.54, 1.807) is 29.4 Å². The molecule has 0 unspecified atom stereocenters. The molecule has 0 saturated carbocycles. The van der Waals surface area contributed by atoms with Gasteiger partial charge in [0.1, 0.15) is 0 Å². The van der Waals surface area contributed by atoms with Crippen LogP contribution in [-0.4, -0.2) is 41.7 Å². The van der Waals surface area contributed by atoms with Crippen molar-refractivity contribution < 1.29 is 13.2 Å². The lowest BCUT2D eigenvalue weighted by Crippen LogP contribution is -2.33. The van der Waals surface area contributed by atoms with Crippen LogP contribution in [0, 0.1) is 6.92 Å². The Morgan fingerprint density at radius 1 is 0.972 bits per heavy atom. The summed E-state index contributed by atoms with van der Waals surface area (Å²) >= 11 is 1.46. The van der Waals surface area contributed by atoms with Gasteiger partial charge in [0, 0.05) is 31.0 Å². The van der Waals surface area contributed by atoms with Crippen molar-refractivity contribution in [2.24, 2.45) is 0 Å². The van der Waals surface area contributed by atoms with Gasteiger partial charge in [0.2, 0.25) is 10.0 Å². The molecule has 0 spiro atoms. The molecule has 188 valence electrons. The molecule has 0 radical (unpaired) electrons. The number of carbonyl (C=O) groups is 1. The van der Waals surface area contributed by atoms with Crippen LogP contribution < -0.4 is 4.90 Å². The average molecular weight is 523 g/mol. The van der Waals surface area contributed by atoms with Gasteiger partial charge in [-0.1, -0.05) is 43.4 Å². The first-order valence-electron chi connectivity index (χ1n) is 12.0. The van der Waals surface area contributed by atoms with Gasteiger partial charge in [-0.3, -0.25) is 14.7 Å². The molecule has 1 amide bonds. The number of thiazole rings is 1. The van der Waals surface area contributed by atoms with Gasteiger partial charge in [-0.25, -0.2) is 13.4 Å². The molecular formula is C27H30N4O3S2. The molecule has 0 aliphatic rings. The van der Waals surface area contributed by atoms with E-state index < -0.39 is 10.0 Å². The Balaban J connectivity index is 1.68. The van der Waals surface area contributed by atoms with E-state index in [0.717, 1.165) is 34.2 Å². The SMILES string of the molecule is CCCN(CCC)S(=O)(=O)c1ccc(C(=O)N(Cc2cccnc2)c2nc3c(C)cccc3s2)cc1. The van der Waals surface area contributed by atoms with Gasteiger partial charge in [0.05, 0.1) is 21.7 Å². The summed E-state index contributed by atoms with van der Waals surface area (Å²) in [4.78, 5) is 24.5. The van der Waals surface area contributed by atoms with E-state index in [2.05, 4.69) is 4.98 Å². The van der Waals surface area contributed by atoms with Crippen molar-refractivity contribution in [1.29, 1.82) is 0 Å². The molecular weight excluding hydrogens is 492 g/mol. The number of pyridine rings is 1. The van der Waals surface area contributed by atoms with E-state index in [9.17, 15) is 13.2 Å². The van der Waals surface area contributed by atoms with Crippen LogP contribution in [0.1, 0.15) is 48.2 Å². The van der Waals surface area contributed by atoms with Gasteiger partial charge in [-0.05, 0) is 67.3 Å². The smallest absolute Gasteiger partial charge is 0.260 e. The summed E-state index contributed by atoms with van der Waals surface area (Å²) in [6.07, 6.45) is 4.89. The number of nitrogens with zero attached hydrogens (tertiary/aromatic N) is 4. The summed E-state index contributed by atoms with van der Waals surface area (Å²) in [7, 11) is -3.62. The van der Waals surface area contributed by atoms with Gasteiger partial charge in [0.25, 0.3) is 5.91 Å². The monoisotopic (exact) mass is 522 g/mol. The average Bonchev–Trinajstić information content (AvgIpc) is 3.33. The Morgan fingerprint density at radius 2 is 1.69 bits per heavy atom. The summed E-state index contributed by atoms with van der Waals surface area (Å²) in [5.41, 5.74) is 3.18. The molecule has 0 saturated heterocycles. The summed E-state index contributed by atoms with van der Waals surface area (Å²) in [5, 5.41) is 0.585. The standard InChI is InChI=1S/C27H30N4O3S2/c1-4-16-30(17-5-2)36(33,34)23-13-11-22(12-14-23)26(32)31(19-21-9-7-15-28-18-21)27-29-25-20(3)8-6-10-24(25)35-27/h6-15,18H,4-5,16-17,19H2,1-3H3. The minimum atomic E-state index is -3.62. The molecule has 2 heterocycles. The van der Waals surface area contributed by atoms with Crippen LogP contribution in [0.5, 0.6) is 0 Å². The normalized spacial score (nSPS) is 11.8. The molecule has 2 aromatic heterocycles. The van der Waals surface area contributed by atoms with E-state index in [1.165, 1.54) is 27.8 Å². The third kappa shape index (κ3) is 5.48. The zero-order valence-corrected chi connectivity index (χ0v) is 22.3. The molecule has 7 nitrogen and oxygen atoms in total. The second kappa shape index (κ2) is 11.3. The highest BCUT2D eigenvalue weighted by atomic mass is 32.2. The maximum Gasteiger partial charge on any atom is 0.260 e. The lowest BCUT2D eigenvalue weighted by atomic mass is 10.2. The maximum atomic E-state index is 13.7. The van der Waals surface area contributed by atoms with Crippen LogP contribution in [0.4, 0.5) is 5.13 Å². The maximum absolute atomic E-state index is 13.7. The lowest BCUT2D eigenvalue weighted by Gasteiger charge is -2.22. The number of hydrogen-bond donors (Lipinski definition) is 0. The fourth-order valence-electron chi connectivity index (χ4n) is 4.02. The molecule has 4 rings (SSSR count). The molecule has 0 atom stereocenters. The van der Waals surface area contributed by atoms with Gasteiger partial charge in [0.15, 0.2) is 5.13 Å². The summed E-state index contributed by atoms with van der Waals surface area (Å²) in [6.45, 7) is 7.14. The fourth-order valence-corrected chi connectivity index (χ4v) is 6.68.